The number of aromatic nitrogens is 2. The van der Waals surface area contributed by atoms with E-state index in [0.29, 0.717) is 23.7 Å². The third kappa shape index (κ3) is 2.56. The molecule has 3 nitrogen and oxygen atoms in total. The van der Waals surface area contributed by atoms with Crippen LogP contribution in [0.3, 0.4) is 0 Å². The smallest absolute Gasteiger partial charge is 0.181 e. The fraction of sp³-hybridized carbons (Fsp3) is 0.800. The first-order valence-electron chi connectivity index (χ1n) is 9.47. The number of Topliss-reactive ketones (excluding diaryl/α,β-unsaturated/α-hetero) is 1. The van der Waals surface area contributed by atoms with E-state index >= 15 is 0 Å². The second kappa shape index (κ2) is 5.19. The van der Waals surface area contributed by atoms with E-state index in [-0.39, 0.29) is 5.41 Å². The molecule has 126 valence electrons. The molecule has 0 amide bonds. The van der Waals surface area contributed by atoms with Crippen LogP contribution in [0.15, 0.2) is 6.33 Å². The molecule has 0 saturated heterocycles. The van der Waals surface area contributed by atoms with Crippen molar-refractivity contribution in [2.45, 2.75) is 84.6 Å². The maximum Gasteiger partial charge on any atom is 0.181 e. The molecule has 1 heterocycles. The average molecular weight is 314 g/mol. The molecule has 0 bridgehead atoms. The Morgan fingerprint density at radius 3 is 2.78 bits per heavy atom. The summed E-state index contributed by atoms with van der Waals surface area (Å²) in [5.41, 5.74) is 2.61. The summed E-state index contributed by atoms with van der Waals surface area (Å²) in [5, 5.41) is 0. The molecule has 0 aliphatic heterocycles. The van der Waals surface area contributed by atoms with Crippen molar-refractivity contribution < 1.29 is 4.79 Å². The van der Waals surface area contributed by atoms with Crippen LogP contribution in [-0.4, -0.2) is 15.3 Å². The lowest BCUT2D eigenvalue weighted by atomic mass is 9.59. The Balaban J connectivity index is 1.61. The normalized spacial score (nSPS) is 36.4. The molecule has 3 aliphatic rings. The Hall–Kier alpha value is -1.12. The number of carbonyl (C=O) groups is 1. The topological polar surface area (TPSA) is 34.9 Å². The summed E-state index contributed by atoms with van der Waals surface area (Å²) in [6, 6.07) is 0.493. The molecular formula is C20H30N2O. The predicted molar refractivity (Wildman–Crippen MR) is 91.6 cm³/mol. The summed E-state index contributed by atoms with van der Waals surface area (Å²) in [5.74, 6) is 1.15. The van der Waals surface area contributed by atoms with E-state index in [1.54, 1.807) is 0 Å². The monoisotopic (exact) mass is 314 g/mol. The van der Waals surface area contributed by atoms with Crippen molar-refractivity contribution in [1.82, 2.24) is 9.55 Å². The molecule has 0 radical (unpaired) electrons. The average Bonchev–Trinajstić information content (AvgIpc) is 2.88. The van der Waals surface area contributed by atoms with Crippen LogP contribution in [0.2, 0.25) is 0 Å². The quantitative estimate of drug-likeness (QED) is 0.734. The standard InChI is InChI=1S/C20H30N2O/c1-19(2)11-16-18(17(23)12-19)22(13-21-16)15-7-9-20(3)8-5-4-6-14(20)10-15/h13-15H,4-12H2,1-3H3. The van der Waals surface area contributed by atoms with Gasteiger partial charge in [-0.3, -0.25) is 4.79 Å². The molecule has 2 fully saturated rings. The molecule has 0 N–H and O–H groups in total. The highest BCUT2D eigenvalue weighted by molar-refractivity contribution is 5.97. The summed E-state index contributed by atoms with van der Waals surface area (Å²) < 4.78 is 2.26. The van der Waals surface area contributed by atoms with Gasteiger partial charge in [0.25, 0.3) is 0 Å². The first-order valence-corrected chi connectivity index (χ1v) is 9.47. The largest absolute Gasteiger partial charge is 0.325 e. The van der Waals surface area contributed by atoms with Crippen molar-refractivity contribution in [2.75, 3.05) is 0 Å². The Morgan fingerprint density at radius 2 is 1.96 bits per heavy atom. The second-order valence-electron chi connectivity index (χ2n) is 9.41. The van der Waals surface area contributed by atoms with Crippen molar-refractivity contribution in [3.63, 3.8) is 0 Å². The van der Waals surface area contributed by atoms with Gasteiger partial charge in [0.2, 0.25) is 0 Å². The minimum absolute atomic E-state index is 0.0672. The highest BCUT2D eigenvalue weighted by Gasteiger charge is 2.43. The van der Waals surface area contributed by atoms with Gasteiger partial charge in [-0.15, -0.1) is 0 Å². The fourth-order valence-electron chi connectivity index (χ4n) is 5.54. The van der Waals surface area contributed by atoms with Gasteiger partial charge in [0, 0.05) is 12.5 Å². The van der Waals surface area contributed by atoms with Gasteiger partial charge in [0.15, 0.2) is 5.78 Å². The molecule has 1 aromatic heterocycles. The molecule has 4 rings (SSSR count). The van der Waals surface area contributed by atoms with Gasteiger partial charge in [-0.25, -0.2) is 4.98 Å². The number of hydrogen-bond donors (Lipinski definition) is 0. The lowest BCUT2D eigenvalue weighted by Gasteiger charge is -2.48. The van der Waals surface area contributed by atoms with Gasteiger partial charge < -0.3 is 4.57 Å². The van der Waals surface area contributed by atoms with E-state index in [1.807, 2.05) is 6.33 Å². The molecule has 1 aromatic rings. The number of ketones is 1. The third-order valence-corrected chi connectivity index (χ3v) is 6.95. The molecule has 3 unspecified atom stereocenters. The number of fused-ring (bicyclic) bond motifs is 2. The molecule has 0 aromatic carbocycles. The Labute approximate surface area is 139 Å². The maximum atomic E-state index is 12.7. The van der Waals surface area contributed by atoms with E-state index in [1.165, 1.54) is 44.9 Å². The van der Waals surface area contributed by atoms with Crippen molar-refractivity contribution in [1.29, 1.82) is 0 Å². The Morgan fingerprint density at radius 1 is 1.13 bits per heavy atom. The van der Waals surface area contributed by atoms with Crippen LogP contribution in [0.4, 0.5) is 0 Å². The zero-order chi connectivity index (χ0) is 16.2. The molecule has 3 atom stereocenters. The summed E-state index contributed by atoms with van der Waals surface area (Å²) >= 11 is 0. The minimum atomic E-state index is 0.0672. The van der Waals surface area contributed by atoms with E-state index in [2.05, 4.69) is 30.3 Å². The molecular weight excluding hydrogens is 284 g/mol. The van der Waals surface area contributed by atoms with E-state index in [4.69, 9.17) is 0 Å². The van der Waals surface area contributed by atoms with Gasteiger partial charge in [0.05, 0.1) is 12.0 Å². The van der Waals surface area contributed by atoms with Crippen LogP contribution in [0.1, 0.15) is 94.4 Å². The van der Waals surface area contributed by atoms with Crippen molar-refractivity contribution >= 4 is 5.78 Å². The molecule has 2 saturated carbocycles. The van der Waals surface area contributed by atoms with Crippen molar-refractivity contribution in [3.8, 4) is 0 Å². The van der Waals surface area contributed by atoms with Crippen LogP contribution in [0, 0.1) is 16.7 Å². The third-order valence-electron chi connectivity index (χ3n) is 6.95. The lowest BCUT2D eigenvalue weighted by Crippen LogP contribution is -2.38. The SMILES string of the molecule is CC1(C)CC(=O)c2c(ncn2C2CCC3(C)CCCCC3C2)C1. The van der Waals surface area contributed by atoms with Gasteiger partial charge in [-0.2, -0.15) is 0 Å². The van der Waals surface area contributed by atoms with Crippen LogP contribution < -0.4 is 0 Å². The minimum Gasteiger partial charge on any atom is -0.325 e. The highest BCUT2D eigenvalue weighted by Crippen LogP contribution is 2.53. The van der Waals surface area contributed by atoms with Gasteiger partial charge in [0.1, 0.15) is 5.69 Å². The van der Waals surface area contributed by atoms with Gasteiger partial charge >= 0.3 is 0 Å². The van der Waals surface area contributed by atoms with Crippen LogP contribution in [0.25, 0.3) is 0 Å². The summed E-state index contributed by atoms with van der Waals surface area (Å²) in [6.07, 6.45) is 12.9. The number of rotatable bonds is 1. The van der Waals surface area contributed by atoms with Crippen LogP contribution >= 0.6 is 0 Å². The van der Waals surface area contributed by atoms with Crippen LogP contribution in [0.5, 0.6) is 0 Å². The summed E-state index contributed by atoms with van der Waals surface area (Å²) in [7, 11) is 0. The van der Waals surface area contributed by atoms with E-state index < -0.39 is 0 Å². The summed E-state index contributed by atoms with van der Waals surface area (Å²) in [4.78, 5) is 17.4. The van der Waals surface area contributed by atoms with E-state index in [0.717, 1.165) is 23.7 Å². The van der Waals surface area contributed by atoms with Crippen molar-refractivity contribution in [3.05, 3.63) is 17.7 Å². The Bertz CT molecular complexity index is 630. The Kier molecular flexibility index (Phi) is 3.48. The van der Waals surface area contributed by atoms with E-state index in [9.17, 15) is 4.79 Å². The van der Waals surface area contributed by atoms with Crippen LogP contribution in [-0.2, 0) is 6.42 Å². The number of imidazole rings is 1. The molecule has 3 heteroatoms. The van der Waals surface area contributed by atoms with Crippen molar-refractivity contribution in [2.24, 2.45) is 16.7 Å². The van der Waals surface area contributed by atoms with Gasteiger partial charge in [-0.1, -0.05) is 33.6 Å². The number of hydrogen-bond acceptors (Lipinski definition) is 2. The number of carbonyl (C=O) groups excluding carboxylic acids is 1. The zero-order valence-electron chi connectivity index (χ0n) is 14.9. The molecule has 23 heavy (non-hydrogen) atoms. The first-order chi connectivity index (χ1) is 10.9. The molecule has 0 spiro atoms. The summed E-state index contributed by atoms with van der Waals surface area (Å²) in [6.45, 7) is 6.87. The predicted octanol–water partition coefficient (Wildman–Crippen LogP) is 4.96. The highest BCUT2D eigenvalue weighted by atomic mass is 16.1. The number of nitrogens with zero attached hydrogens (tertiary/aromatic N) is 2. The maximum absolute atomic E-state index is 12.7. The fourth-order valence-corrected chi connectivity index (χ4v) is 5.54. The second-order valence-corrected chi connectivity index (χ2v) is 9.41. The zero-order valence-corrected chi connectivity index (χ0v) is 14.9. The first kappa shape index (κ1) is 15.4. The molecule has 3 aliphatic carbocycles. The van der Waals surface area contributed by atoms with Gasteiger partial charge in [-0.05, 0) is 55.3 Å². The lowest BCUT2D eigenvalue weighted by molar-refractivity contribution is 0.0393.